The van der Waals surface area contributed by atoms with E-state index in [9.17, 15) is 9.18 Å². The van der Waals surface area contributed by atoms with Gasteiger partial charge in [-0.25, -0.2) is 4.39 Å². The second kappa shape index (κ2) is 8.20. The summed E-state index contributed by atoms with van der Waals surface area (Å²) in [4.78, 5) is 15.8. The highest BCUT2D eigenvalue weighted by Crippen LogP contribution is 2.22. The van der Waals surface area contributed by atoms with Gasteiger partial charge in [0, 0.05) is 24.5 Å². The van der Waals surface area contributed by atoms with Crippen LogP contribution in [0.3, 0.4) is 0 Å². The van der Waals surface area contributed by atoms with E-state index in [1.807, 2.05) is 30.3 Å². The van der Waals surface area contributed by atoms with Crippen molar-refractivity contribution in [3.05, 3.63) is 90.0 Å². The molecule has 1 N–H and O–H groups in total. The first-order chi connectivity index (χ1) is 12.2. The van der Waals surface area contributed by atoms with E-state index >= 15 is 0 Å². The van der Waals surface area contributed by atoms with E-state index in [1.54, 1.807) is 36.7 Å². The molecule has 0 spiro atoms. The molecule has 1 heterocycles. The standard InChI is InChI=1S/C21H19FN2O/c22-20-8-2-1-7-19(20)17-11-9-16(10-12-17)5-3-14-24-21(25)18-6-4-13-23-15-18/h1-2,4,6-13,15H,3,5,14H2,(H,24,25). The van der Waals surface area contributed by atoms with Crippen LogP contribution in [0.2, 0.25) is 0 Å². The summed E-state index contributed by atoms with van der Waals surface area (Å²) in [5.41, 5.74) is 3.21. The Labute approximate surface area is 146 Å². The summed E-state index contributed by atoms with van der Waals surface area (Å²) in [5, 5.41) is 2.89. The first-order valence-electron chi connectivity index (χ1n) is 8.26. The van der Waals surface area contributed by atoms with Crippen LogP contribution < -0.4 is 5.32 Å². The number of pyridine rings is 1. The van der Waals surface area contributed by atoms with E-state index in [0.717, 1.165) is 24.0 Å². The van der Waals surface area contributed by atoms with Crippen LogP contribution >= 0.6 is 0 Å². The molecule has 126 valence electrons. The molecule has 0 aliphatic carbocycles. The molecular weight excluding hydrogens is 315 g/mol. The predicted octanol–water partition coefficient (Wildman–Crippen LogP) is 4.25. The minimum atomic E-state index is -0.214. The van der Waals surface area contributed by atoms with Crippen molar-refractivity contribution in [3.8, 4) is 11.1 Å². The predicted molar refractivity (Wildman–Crippen MR) is 96.7 cm³/mol. The molecule has 3 aromatic rings. The summed E-state index contributed by atoms with van der Waals surface area (Å²) >= 11 is 0. The van der Waals surface area contributed by atoms with Gasteiger partial charge in [0.25, 0.3) is 5.91 Å². The third kappa shape index (κ3) is 4.51. The van der Waals surface area contributed by atoms with Crippen molar-refractivity contribution >= 4 is 5.91 Å². The third-order valence-corrected chi connectivity index (χ3v) is 3.99. The number of benzene rings is 2. The Bertz CT molecular complexity index is 832. The highest BCUT2D eigenvalue weighted by molar-refractivity contribution is 5.93. The third-order valence-electron chi connectivity index (χ3n) is 3.99. The maximum Gasteiger partial charge on any atom is 0.252 e. The van der Waals surface area contributed by atoms with E-state index in [-0.39, 0.29) is 11.7 Å². The van der Waals surface area contributed by atoms with Crippen LogP contribution in [0.15, 0.2) is 73.1 Å². The van der Waals surface area contributed by atoms with Crippen LogP contribution in [0.5, 0.6) is 0 Å². The number of halogens is 1. The molecule has 3 nitrogen and oxygen atoms in total. The quantitative estimate of drug-likeness (QED) is 0.685. The van der Waals surface area contributed by atoms with Gasteiger partial charge in [-0.3, -0.25) is 9.78 Å². The molecule has 0 saturated carbocycles. The zero-order chi connectivity index (χ0) is 17.5. The largest absolute Gasteiger partial charge is 0.352 e. The summed E-state index contributed by atoms with van der Waals surface area (Å²) in [6.45, 7) is 0.600. The van der Waals surface area contributed by atoms with E-state index in [2.05, 4.69) is 10.3 Å². The lowest BCUT2D eigenvalue weighted by Gasteiger charge is -2.07. The topological polar surface area (TPSA) is 42.0 Å². The Morgan fingerprint density at radius 3 is 2.52 bits per heavy atom. The number of rotatable bonds is 6. The average molecular weight is 334 g/mol. The molecule has 0 aliphatic heterocycles. The molecular formula is C21H19FN2O. The molecule has 2 aromatic carbocycles. The number of amides is 1. The van der Waals surface area contributed by atoms with Gasteiger partial charge in [-0.05, 0) is 42.2 Å². The SMILES string of the molecule is O=C(NCCCc1ccc(-c2ccccc2F)cc1)c1cccnc1. The van der Waals surface area contributed by atoms with Crippen LogP contribution in [0.25, 0.3) is 11.1 Å². The number of nitrogens with one attached hydrogen (secondary N) is 1. The van der Waals surface area contributed by atoms with E-state index in [0.29, 0.717) is 17.7 Å². The number of aromatic nitrogens is 1. The molecule has 25 heavy (non-hydrogen) atoms. The lowest BCUT2D eigenvalue weighted by atomic mass is 10.0. The van der Waals surface area contributed by atoms with Crippen molar-refractivity contribution in [3.63, 3.8) is 0 Å². The summed E-state index contributed by atoms with van der Waals surface area (Å²) in [6, 6.07) is 18.1. The van der Waals surface area contributed by atoms with Crippen LogP contribution in [0.1, 0.15) is 22.3 Å². The molecule has 0 bridgehead atoms. The molecule has 0 unspecified atom stereocenters. The van der Waals surface area contributed by atoms with E-state index < -0.39 is 0 Å². The minimum absolute atomic E-state index is 0.108. The summed E-state index contributed by atoms with van der Waals surface area (Å²) in [5.74, 6) is -0.323. The molecule has 3 rings (SSSR count). The van der Waals surface area contributed by atoms with Crippen LogP contribution in [0.4, 0.5) is 4.39 Å². The van der Waals surface area contributed by atoms with Gasteiger partial charge in [-0.1, -0.05) is 42.5 Å². The Hall–Kier alpha value is -3.01. The van der Waals surface area contributed by atoms with Crippen molar-refractivity contribution in [2.75, 3.05) is 6.54 Å². The van der Waals surface area contributed by atoms with Gasteiger partial charge >= 0.3 is 0 Å². The zero-order valence-corrected chi connectivity index (χ0v) is 13.8. The number of carbonyl (C=O) groups is 1. The number of hydrogen-bond donors (Lipinski definition) is 1. The monoisotopic (exact) mass is 334 g/mol. The van der Waals surface area contributed by atoms with Crippen LogP contribution in [0, 0.1) is 5.82 Å². The van der Waals surface area contributed by atoms with Gasteiger partial charge in [0.2, 0.25) is 0 Å². The van der Waals surface area contributed by atoms with E-state index in [4.69, 9.17) is 0 Å². The summed E-state index contributed by atoms with van der Waals surface area (Å²) < 4.78 is 13.8. The number of aryl methyl sites for hydroxylation is 1. The molecule has 1 amide bonds. The fourth-order valence-corrected chi connectivity index (χ4v) is 2.64. The van der Waals surface area contributed by atoms with Crippen LogP contribution in [-0.4, -0.2) is 17.4 Å². The van der Waals surface area contributed by atoms with Crippen molar-refractivity contribution in [1.82, 2.24) is 10.3 Å². The van der Waals surface area contributed by atoms with Crippen molar-refractivity contribution in [1.29, 1.82) is 0 Å². The van der Waals surface area contributed by atoms with Crippen molar-refractivity contribution < 1.29 is 9.18 Å². The summed E-state index contributed by atoms with van der Waals surface area (Å²) in [7, 11) is 0. The molecule has 0 fully saturated rings. The fourth-order valence-electron chi connectivity index (χ4n) is 2.64. The van der Waals surface area contributed by atoms with Gasteiger partial charge in [0.1, 0.15) is 5.82 Å². The maximum absolute atomic E-state index is 13.8. The highest BCUT2D eigenvalue weighted by Gasteiger charge is 2.05. The van der Waals surface area contributed by atoms with Gasteiger partial charge in [-0.2, -0.15) is 0 Å². The summed E-state index contributed by atoms with van der Waals surface area (Å²) in [6.07, 6.45) is 4.88. The molecule has 0 aliphatic rings. The van der Waals surface area contributed by atoms with Crippen LogP contribution in [-0.2, 0) is 6.42 Å². The minimum Gasteiger partial charge on any atom is -0.352 e. The van der Waals surface area contributed by atoms with Gasteiger partial charge < -0.3 is 5.32 Å². The van der Waals surface area contributed by atoms with Crippen molar-refractivity contribution in [2.45, 2.75) is 12.8 Å². The number of carbonyl (C=O) groups excluding carboxylic acids is 1. The van der Waals surface area contributed by atoms with Gasteiger partial charge in [0.05, 0.1) is 5.56 Å². The average Bonchev–Trinajstić information content (AvgIpc) is 2.67. The highest BCUT2D eigenvalue weighted by atomic mass is 19.1. The second-order valence-electron chi connectivity index (χ2n) is 5.78. The Balaban J connectivity index is 1.49. The van der Waals surface area contributed by atoms with Crippen molar-refractivity contribution in [2.24, 2.45) is 0 Å². The maximum atomic E-state index is 13.8. The smallest absolute Gasteiger partial charge is 0.252 e. The van der Waals surface area contributed by atoms with Gasteiger partial charge in [-0.15, -0.1) is 0 Å². The molecule has 4 heteroatoms. The Kier molecular flexibility index (Phi) is 5.52. The molecule has 0 atom stereocenters. The normalized spacial score (nSPS) is 10.4. The molecule has 0 saturated heterocycles. The lowest BCUT2D eigenvalue weighted by Crippen LogP contribution is -2.24. The Morgan fingerprint density at radius 2 is 1.80 bits per heavy atom. The lowest BCUT2D eigenvalue weighted by molar-refractivity contribution is 0.0953. The van der Waals surface area contributed by atoms with E-state index in [1.165, 1.54) is 6.07 Å². The number of hydrogen-bond acceptors (Lipinski definition) is 2. The first kappa shape index (κ1) is 16.8. The fraction of sp³-hybridized carbons (Fsp3) is 0.143. The molecule has 0 radical (unpaired) electrons. The number of nitrogens with zero attached hydrogens (tertiary/aromatic N) is 1. The Morgan fingerprint density at radius 1 is 1.00 bits per heavy atom. The second-order valence-corrected chi connectivity index (χ2v) is 5.78. The zero-order valence-electron chi connectivity index (χ0n) is 13.8. The molecule has 1 aromatic heterocycles. The first-order valence-corrected chi connectivity index (χ1v) is 8.26. The van der Waals surface area contributed by atoms with Gasteiger partial charge in [0.15, 0.2) is 0 Å².